The van der Waals surface area contributed by atoms with Gasteiger partial charge in [-0.2, -0.15) is 0 Å². The third kappa shape index (κ3) is 3.20. The van der Waals surface area contributed by atoms with Crippen molar-refractivity contribution in [3.05, 3.63) is 24.3 Å². The minimum Gasteiger partial charge on any atom is -0.378 e. The van der Waals surface area contributed by atoms with E-state index in [2.05, 4.69) is 20.8 Å². The number of hydrogen-bond acceptors (Lipinski definition) is 6. The van der Waals surface area contributed by atoms with Crippen LogP contribution in [-0.2, 0) is 16.6 Å². The summed E-state index contributed by atoms with van der Waals surface area (Å²) in [5, 5.41) is 14.4. The van der Waals surface area contributed by atoms with Crippen molar-refractivity contribution in [1.82, 2.24) is 20.2 Å². The summed E-state index contributed by atoms with van der Waals surface area (Å²) >= 11 is 0. The molecule has 3 N–H and O–H groups in total. The summed E-state index contributed by atoms with van der Waals surface area (Å²) in [6, 6.07) is 7.38. The highest BCUT2D eigenvalue weighted by Gasteiger charge is 2.62. The molecule has 0 aliphatic heterocycles. The first-order valence-corrected chi connectivity index (χ1v) is 8.34. The first-order chi connectivity index (χ1) is 11.8. The van der Waals surface area contributed by atoms with Gasteiger partial charge in [-0.15, -0.1) is 17.5 Å². The highest BCUT2D eigenvalue weighted by Crippen LogP contribution is 2.50. The Hall–Kier alpha value is -2.03. The quantitative estimate of drug-likeness (QED) is 0.818. The van der Waals surface area contributed by atoms with E-state index in [4.69, 9.17) is 10.5 Å². The number of carbonyl (C=O) groups excluding carboxylic acids is 1. The van der Waals surface area contributed by atoms with Crippen LogP contribution in [0.2, 0.25) is 0 Å². The van der Waals surface area contributed by atoms with E-state index in [0.29, 0.717) is 24.5 Å². The third-order valence-corrected chi connectivity index (χ3v) is 5.23. The van der Waals surface area contributed by atoms with Crippen LogP contribution in [0.1, 0.15) is 27.2 Å². The number of benzene rings is 1. The number of nitrogens with zero attached hydrogens (tertiary/aromatic N) is 4. The molecule has 1 aromatic carbocycles. The standard InChI is InChI=1S/C17H24N6O2.ClH/c1-5-25-13-10-17(18,16(13,2)3)15(24)19-12-8-6-7-11(9-12)14-20-21-22-23(14)4;/h6-9,13H,5,10,18H2,1-4H3,(H,19,24);1H. The zero-order valence-corrected chi connectivity index (χ0v) is 16.2. The van der Waals surface area contributed by atoms with Crippen LogP contribution < -0.4 is 11.1 Å². The Morgan fingerprint density at radius 1 is 1.46 bits per heavy atom. The Morgan fingerprint density at radius 3 is 2.77 bits per heavy atom. The molecule has 1 heterocycles. The van der Waals surface area contributed by atoms with Crippen LogP contribution >= 0.6 is 12.4 Å². The molecule has 0 bridgehead atoms. The van der Waals surface area contributed by atoms with E-state index in [9.17, 15) is 4.79 Å². The number of aryl methyl sites for hydroxylation is 1. The summed E-state index contributed by atoms with van der Waals surface area (Å²) in [7, 11) is 1.76. The lowest BCUT2D eigenvalue weighted by atomic mass is 9.54. The lowest BCUT2D eigenvalue weighted by Crippen LogP contribution is -2.74. The zero-order chi connectivity index (χ0) is 18.2. The van der Waals surface area contributed by atoms with E-state index in [0.717, 1.165) is 5.56 Å². The molecule has 1 amide bonds. The van der Waals surface area contributed by atoms with E-state index in [-0.39, 0.29) is 24.4 Å². The normalized spacial score (nSPS) is 23.7. The van der Waals surface area contributed by atoms with Crippen molar-refractivity contribution in [3.8, 4) is 11.4 Å². The Morgan fingerprint density at radius 2 is 2.19 bits per heavy atom. The monoisotopic (exact) mass is 380 g/mol. The number of hydrogen-bond donors (Lipinski definition) is 2. The number of ether oxygens (including phenoxy) is 1. The van der Waals surface area contributed by atoms with Gasteiger partial charge in [0.05, 0.1) is 6.10 Å². The molecule has 0 saturated heterocycles. The number of rotatable bonds is 5. The smallest absolute Gasteiger partial charge is 0.245 e. The van der Waals surface area contributed by atoms with Gasteiger partial charge in [-0.25, -0.2) is 4.68 Å². The van der Waals surface area contributed by atoms with Gasteiger partial charge in [-0.1, -0.05) is 26.0 Å². The number of amides is 1. The van der Waals surface area contributed by atoms with Crippen LogP contribution in [0.15, 0.2) is 24.3 Å². The van der Waals surface area contributed by atoms with Crippen molar-refractivity contribution in [2.24, 2.45) is 18.2 Å². The van der Waals surface area contributed by atoms with Gasteiger partial charge in [0.1, 0.15) is 5.54 Å². The molecule has 1 fully saturated rings. The Kier molecular flexibility index (Phi) is 5.70. The molecule has 2 unspecified atom stereocenters. The first kappa shape index (κ1) is 20.3. The van der Waals surface area contributed by atoms with Crippen LogP contribution in [-0.4, -0.2) is 44.4 Å². The van der Waals surface area contributed by atoms with E-state index in [1.807, 2.05) is 45.0 Å². The Balaban J connectivity index is 0.00000243. The average molecular weight is 381 g/mol. The van der Waals surface area contributed by atoms with Gasteiger partial charge in [0.25, 0.3) is 0 Å². The molecule has 2 atom stereocenters. The fourth-order valence-corrected chi connectivity index (χ4v) is 3.27. The second kappa shape index (κ2) is 7.30. The SMILES string of the molecule is CCOC1CC(N)(C(=O)Nc2cccc(-c3nnnn3C)c2)C1(C)C.Cl. The largest absolute Gasteiger partial charge is 0.378 e. The predicted molar refractivity (Wildman–Crippen MR) is 101 cm³/mol. The maximum absolute atomic E-state index is 12.8. The predicted octanol–water partition coefficient (Wildman–Crippen LogP) is 1.77. The Bertz CT molecular complexity index is 793. The van der Waals surface area contributed by atoms with Crippen molar-refractivity contribution >= 4 is 24.0 Å². The number of nitrogens with two attached hydrogens (primary N) is 1. The van der Waals surface area contributed by atoms with Gasteiger partial charge in [-0.3, -0.25) is 4.79 Å². The van der Waals surface area contributed by atoms with E-state index >= 15 is 0 Å². The van der Waals surface area contributed by atoms with Crippen LogP contribution in [0, 0.1) is 5.41 Å². The second-order valence-corrected chi connectivity index (χ2v) is 7.00. The van der Waals surface area contributed by atoms with Gasteiger partial charge < -0.3 is 15.8 Å². The maximum atomic E-state index is 12.8. The highest BCUT2D eigenvalue weighted by atomic mass is 35.5. The molecule has 1 saturated carbocycles. The molecule has 1 aromatic heterocycles. The number of aromatic nitrogens is 4. The summed E-state index contributed by atoms with van der Waals surface area (Å²) in [6.07, 6.45) is 0.497. The summed E-state index contributed by atoms with van der Waals surface area (Å²) in [6.45, 7) is 6.50. The fraction of sp³-hybridized carbons (Fsp3) is 0.529. The van der Waals surface area contributed by atoms with Gasteiger partial charge in [0, 0.05) is 36.7 Å². The minimum atomic E-state index is -0.963. The van der Waals surface area contributed by atoms with Crippen LogP contribution in [0.25, 0.3) is 11.4 Å². The Labute approximate surface area is 158 Å². The third-order valence-electron chi connectivity index (χ3n) is 5.23. The average Bonchev–Trinajstić information content (AvgIpc) is 3.00. The van der Waals surface area contributed by atoms with E-state index in [1.165, 1.54) is 0 Å². The highest BCUT2D eigenvalue weighted by molar-refractivity contribution is 6.00. The summed E-state index contributed by atoms with van der Waals surface area (Å²) in [5.74, 6) is 0.417. The van der Waals surface area contributed by atoms with Crippen molar-refractivity contribution in [2.75, 3.05) is 11.9 Å². The lowest BCUT2D eigenvalue weighted by molar-refractivity contribution is -0.166. The number of halogens is 1. The number of nitrogens with one attached hydrogen (secondary N) is 1. The maximum Gasteiger partial charge on any atom is 0.245 e. The molecule has 1 aliphatic carbocycles. The number of carbonyl (C=O) groups is 1. The fourth-order valence-electron chi connectivity index (χ4n) is 3.27. The van der Waals surface area contributed by atoms with Gasteiger partial charge in [0.15, 0.2) is 5.82 Å². The van der Waals surface area contributed by atoms with Crippen LogP contribution in [0.5, 0.6) is 0 Å². The lowest BCUT2D eigenvalue weighted by Gasteiger charge is -2.57. The molecule has 0 radical (unpaired) electrons. The summed E-state index contributed by atoms with van der Waals surface area (Å²) < 4.78 is 7.26. The first-order valence-electron chi connectivity index (χ1n) is 8.34. The number of tetrazole rings is 1. The molecule has 9 heteroatoms. The van der Waals surface area contributed by atoms with Gasteiger partial charge >= 0.3 is 0 Å². The van der Waals surface area contributed by atoms with Crippen LogP contribution in [0.3, 0.4) is 0 Å². The zero-order valence-electron chi connectivity index (χ0n) is 15.4. The molecule has 3 rings (SSSR count). The molecular weight excluding hydrogens is 356 g/mol. The molecule has 142 valence electrons. The van der Waals surface area contributed by atoms with Crippen LogP contribution in [0.4, 0.5) is 5.69 Å². The van der Waals surface area contributed by atoms with Gasteiger partial charge in [-0.05, 0) is 29.5 Å². The summed E-state index contributed by atoms with van der Waals surface area (Å²) in [5.41, 5.74) is 6.50. The topological polar surface area (TPSA) is 108 Å². The number of anilines is 1. The van der Waals surface area contributed by atoms with Gasteiger partial charge in [0.2, 0.25) is 5.91 Å². The second-order valence-electron chi connectivity index (χ2n) is 7.00. The van der Waals surface area contributed by atoms with Crippen molar-refractivity contribution in [2.45, 2.75) is 38.8 Å². The van der Waals surface area contributed by atoms with Crippen molar-refractivity contribution in [3.63, 3.8) is 0 Å². The van der Waals surface area contributed by atoms with E-state index < -0.39 is 11.0 Å². The molecular formula is C17H25ClN6O2. The van der Waals surface area contributed by atoms with Crippen molar-refractivity contribution < 1.29 is 9.53 Å². The molecule has 0 spiro atoms. The molecule has 2 aromatic rings. The minimum absolute atomic E-state index is 0. The molecule has 1 aliphatic rings. The summed E-state index contributed by atoms with van der Waals surface area (Å²) in [4.78, 5) is 12.8. The molecule has 8 nitrogen and oxygen atoms in total. The molecule has 26 heavy (non-hydrogen) atoms. The van der Waals surface area contributed by atoms with Crippen molar-refractivity contribution in [1.29, 1.82) is 0 Å². The van der Waals surface area contributed by atoms with E-state index in [1.54, 1.807) is 11.7 Å².